The fourth-order valence-corrected chi connectivity index (χ4v) is 3.09. The highest BCUT2D eigenvalue weighted by Gasteiger charge is 2.25. The summed E-state index contributed by atoms with van der Waals surface area (Å²) < 4.78 is 7.46. The van der Waals surface area contributed by atoms with Gasteiger partial charge in [0.1, 0.15) is 0 Å². The molecule has 4 heteroatoms. The Hall–Kier alpha value is -0.300. The van der Waals surface area contributed by atoms with Crippen molar-refractivity contribution in [3.05, 3.63) is 29.8 Å². The van der Waals surface area contributed by atoms with E-state index in [4.69, 9.17) is 15.8 Å². The van der Waals surface area contributed by atoms with E-state index in [9.17, 15) is 0 Å². The van der Waals surface area contributed by atoms with E-state index in [-0.39, 0.29) is 0 Å². The second kappa shape index (κ2) is 3.83. The normalized spacial score (nSPS) is 22.3. The summed E-state index contributed by atoms with van der Waals surface area (Å²) in [4.78, 5) is 0. The molecule has 1 atom stereocenters. The van der Waals surface area contributed by atoms with Crippen molar-refractivity contribution in [3.63, 3.8) is 0 Å². The first-order chi connectivity index (χ1) is 6.29. The number of benzene rings is 1. The average Bonchev–Trinajstić information content (AvgIpc) is 2.52. The largest absolute Gasteiger partial charge is 0.325 e. The van der Waals surface area contributed by atoms with E-state index in [1.807, 2.05) is 12.1 Å². The van der Waals surface area contributed by atoms with Crippen LogP contribution in [0.25, 0.3) is 0 Å². The van der Waals surface area contributed by atoms with Gasteiger partial charge in [0, 0.05) is 12.2 Å². The van der Waals surface area contributed by atoms with Gasteiger partial charge in [-0.2, -0.15) is 0 Å². The molecule has 0 radical (unpaired) electrons. The molecule has 70 valence electrons. The van der Waals surface area contributed by atoms with Crippen LogP contribution in [0.3, 0.4) is 0 Å². The number of aryl methyl sites for hydroxylation is 1. The number of hydrogen-bond donors (Lipinski definition) is 0. The molecule has 0 N–H and O–H groups in total. The van der Waals surface area contributed by atoms with E-state index in [2.05, 4.69) is 23.7 Å². The maximum absolute atomic E-state index is 6.05. The van der Waals surface area contributed by atoms with Crippen LogP contribution in [0, 0.1) is 6.92 Å². The summed E-state index contributed by atoms with van der Waals surface area (Å²) in [6.45, 7) is 3.73. The molecule has 1 aromatic rings. The first-order valence-electron chi connectivity index (χ1n) is 4.21. The molecule has 0 aromatic heterocycles. The monoisotopic (exact) mass is 215 g/mol. The van der Waals surface area contributed by atoms with Crippen molar-refractivity contribution >= 4 is 24.6 Å². The third kappa shape index (κ3) is 1.80. The minimum Gasteiger partial charge on any atom is -0.325 e. The second-order valence-electron chi connectivity index (χ2n) is 2.97. The van der Waals surface area contributed by atoms with E-state index >= 15 is 0 Å². The molecular weight excluding hydrogens is 205 g/mol. The van der Waals surface area contributed by atoms with Crippen molar-refractivity contribution in [1.82, 2.24) is 0 Å². The molecule has 1 aromatic carbocycles. The maximum Gasteiger partial charge on any atom is 0.236 e. The van der Waals surface area contributed by atoms with Crippen LogP contribution in [0.4, 0.5) is 5.69 Å². The van der Waals surface area contributed by atoms with Crippen LogP contribution in [0.1, 0.15) is 5.56 Å². The Bertz CT molecular complexity index is 307. The molecule has 1 heterocycles. The van der Waals surface area contributed by atoms with Crippen molar-refractivity contribution in [2.24, 2.45) is 0 Å². The van der Waals surface area contributed by atoms with Gasteiger partial charge in [-0.15, -0.1) is 0 Å². The molecule has 13 heavy (non-hydrogen) atoms. The third-order valence-electron chi connectivity index (χ3n) is 2.08. The lowest BCUT2D eigenvalue weighted by molar-refractivity contribution is 0.405. The number of halogens is 1. The molecule has 2 rings (SSSR count). The lowest BCUT2D eigenvalue weighted by Crippen LogP contribution is -2.12. The van der Waals surface area contributed by atoms with Gasteiger partial charge >= 0.3 is 0 Å². The smallest absolute Gasteiger partial charge is 0.236 e. The summed E-state index contributed by atoms with van der Waals surface area (Å²) >= 11 is 6.05. The van der Waals surface area contributed by atoms with Gasteiger partial charge in [0.05, 0.1) is 6.61 Å². The fraction of sp³-hybridized carbons (Fsp3) is 0.333. The molecule has 2 nitrogen and oxygen atoms in total. The number of anilines is 1. The number of para-hydroxylation sites is 1. The lowest BCUT2D eigenvalue weighted by Gasteiger charge is -2.20. The SMILES string of the molecule is Cc1ccccc1N1CCOP1Cl. The van der Waals surface area contributed by atoms with Crippen LogP contribution in [0.2, 0.25) is 0 Å². The standard InChI is InChI=1S/C9H11ClNOP/c1-8-4-2-3-5-9(8)11-6-7-12-13(11)10/h2-5H,6-7H2,1H3. The third-order valence-corrected chi connectivity index (χ3v) is 4.12. The van der Waals surface area contributed by atoms with Crippen LogP contribution < -0.4 is 4.67 Å². The van der Waals surface area contributed by atoms with Gasteiger partial charge in [0.15, 0.2) is 0 Å². The van der Waals surface area contributed by atoms with Crippen molar-refractivity contribution < 1.29 is 4.52 Å². The van der Waals surface area contributed by atoms with E-state index in [0.29, 0.717) is 0 Å². The van der Waals surface area contributed by atoms with Gasteiger partial charge in [-0.3, -0.25) is 0 Å². The quantitative estimate of drug-likeness (QED) is 0.667. The van der Waals surface area contributed by atoms with E-state index < -0.39 is 7.65 Å². The van der Waals surface area contributed by atoms with Gasteiger partial charge in [0.2, 0.25) is 7.65 Å². The number of nitrogens with zero attached hydrogens (tertiary/aromatic N) is 1. The lowest BCUT2D eigenvalue weighted by atomic mass is 10.2. The molecule has 1 aliphatic heterocycles. The molecule has 1 aliphatic rings. The fourth-order valence-electron chi connectivity index (χ4n) is 1.41. The second-order valence-corrected chi connectivity index (χ2v) is 5.03. The molecular formula is C9H11ClNOP. The summed E-state index contributed by atoms with van der Waals surface area (Å²) in [6.07, 6.45) is 0. The Morgan fingerprint density at radius 3 is 2.85 bits per heavy atom. The summed E-state index contributed by atoms with van der Waals surface area (Å²) in [5, 5.41) is 0. The van der Waals surface area contributed by atoms with Crippen molar-refractivity contribution in [2.45, 2.75) is 6.92 Å². The summed E-state index contributed by atoms with van der Waals surface area (Å²) in [7, 11) is -0.915. The molecule has 1 saturated heterocycles. The van der Waals surface area contributed by atoms with Crippen molar-refractivity contribution in [3.8, 4) is 0 Å². The Kier molecular flexibility index (Phi) is 2.73. The van der Waals surface area contributed by atoms with Gasteiger partial charge in [-0.05, 0) is 29.8 Å². The minimum atomic E-state index is -0.915. The highest BCUT2D eigenvalue weighted by Crippen LogP contribution is 2.53. The first-order valence-corrected chi connectivity index (χ1v) is 6.32. The van der Waals surface area contributed by atoms with Crippen LogP contribution in [0.15, 0.2) is 24.3 Å². The topological polar surface area (TPSA) is 12.5 Å². The first kappa shape index (κ1) is 9.26. The number of hydrogen-bond acceptors (Lipinski definition) is 2. The number of rotatable bonds is 1. The highest BCUT2D eigenvalue weighted by molar-refractivity contribution is 7.81. The zero-order valence-corrected chi connectivity index (χ0v) is 9.05. The molecule has 0 bridgehead atoms. The van der Waals surface area contributed by atoms with Crippen molar-refractivity contribution in [1.29, 1.82) is 0 Å². The molecule has 0 aliphatic carbocycles. The molecule has 1 fully saturated rings. The zero-order chi connectivity index (χ0) is 9.26. The Balaban J connectivity index is 2.29. The van der Waals surface area contributed by atoms with Crippen LogP contribution in [-0.4, -0.2) is 13.2 Å². The van der Waals surface area contributed by atoms with Gasteiger partial charge in [0.25, 0.3) is 0 Å². The summed E-state index contributed by atoms with van der Waals surface area (Å²) in [5.74, 6) is 0. The van der Waals surface area contributed by atoms with E-state index in [1.165, 1.54) is 11.3 Å². The predicted molar refractivity (Wildman–Crippen MR) is 57.3 cm³/mol. The van der Waals surface area contributed by atoms with Gasteiger partial charge in [-0.25, -0.2) is 0 Å². The molecule has 0 amide bonds. The van der Waals surface area contributed by atoms with E-state index in [1.54, 1.807) is 0 Å². The van der Waals surface area contributed by atoms with Crippen LogP contribution in [0.5, 0.6) is 0 Å². The van der Waals surface area contributed by atoms with Gasteiger partial charge < -0.3 is 9.19 Å². The maximum atomic E-state index is 6.05. The molecule has 1 unspecified atom stereocenters. The minimum absolute atomic E-state index is 0.740. The Morgan fingerprint density at radius 1 is 1.46 bits per heavy atom. The van der Waals surface area contributed by atoms with Gasteiger partial charge in [-0.1, -0.05) is 18.2 Å². The Labute approximate surface area is 84.1 Å². The summed E-state index contributed by atoms with van der Waals surface area (Å²) in [5.41, 5.74) is 2.45. The Morgan fingerprint density at radius 2 is 2.23 bits per heavy atom. The predicted octanol–water partition coefficient (Wildman–Crippen LogP) is 3.30. The van der Waals surface area contributed by atoms with E-state index in [0.717, 1.165) is 13.2 Å². The molecule has 0 spiro atoms. The van der Waals surface area contributed by atoms with Crippen LogP contribution in [-0.2, 0) is 4.52 Å². The molecule has 0 saturated carbocycles. The summed E-state index contributed by atoms with van der Waals surface area (Å²) in [6, 6.07) is 8.24. The van der Waals surface area contributed by atoms with Crippen molar-refractivity contribution in [2.75, 3.05) is 17.8 Å². The van der Waals surface area contributed by atoms with Crippen LogP contribution >= 0.6 is 18.9 Å². The highest BCUT2D eigenvalue weighted by atomic mass is 35.7. The zero-order valence-electron chi connectivity index (χ0n) is 7.40. The average molecular weight is 216 g/mol.